The van der Waals surface area contributed by atoms with Crippen molar-refractivity contribution in [3.8, 4) is 17.3 Å². The highest BCUT2D eigenvalue weighted by Gasteiger charge is 2.32. The average Bonchev–Trinajstić information content (AvgIpc) is 3.29. The van der Waals surface area contributed by atoms with E-state index >= 15 is 0 Å². The molecule has 4 aromatic heterocycles. The molecule has 0 aliphatic rings. The molecule has 4 rings (SSSR count). The summed E-state index contributed by atoms with van der Waals surface area (Å²) in [6, 6.07) is 4.21. The number of pyridine rings is 2. The molecule has 0 radical (unpaired) electrons. The van der Waals surface area contributed by atoms with Gasteiger partial charge in [-0.25, -0.2) is 24.6 Å². The fourth-order valence-electron chi connectivity index (χ4n) is 2.86. The minimum Gasteiger partial charge on any atom is -0.611 e. The number of imidazole rings is 1. The summed E-state index contributed by atoms with van der Waals surface area (Å²) in [6.07, 6.45) is -2.33. The molecule has 13 heteroatoms. The van der Waals surface area contributed by atoms with E-state index < -0.39 is 22.9 Å². The fourth-order valence-corrected chi connectivity index (χ4v) is 4.01. The van der Waals surface area contributed by atoms with Crippen molar-refractivity contribution in [2.75, 3.05) is 5.75 Å². The summed E-state index contributed by atoms with van der Waals surface area (Å²) in [6.45, 7) is 1.76. The number of aromatic nitrogens is 7. The van der Waals surface area contributed by atoms with Crippen LogP contribution in [0, 0.1) is 0 Å². The van der Waals surface area contributed by atoms with Crippen molar-refractivity contribution in [2.24, 2.45) is 7.05 Å². The Bertz CT molecular complexity index is 1240. The first kappa shape index (κ1) is 20.8. The summed E-state index contributed by atoms with van der Waals surface area (Å²) in [4.78, 5) is 17.2. The van der Waals surface area contributed by atoms with Crippen LogP contribution in [0.25, 0.3) is 28.5 Å². The van der Waals surface area contributed by atoms with Gasteiger partial charge in [0.25, 0.3) is 0 Å². The molecule has 0 aliphatic carbocycles. The Morgan fingerprint density at radius 2 is 1.97 bits per heavy atom. The van der Waals surface area contributed by atoms with Crippen LogP contribution in [-0.2, 0) is 24.4 Å². The zero-order valence-corrected chi connectivity index (χ0v) is 18.0. The Kier molecular flexibility index (Phi) is 5.28. The molecular formula is C17H13BrF3N7OS. The highest BCUT2D eigenvalue weighted by Crippen LogP contribution is 2.33. The van der Waals surface area contributed by atoms with E-state index in [1.165, 1.54) is 15.6 Å². The van der Waals surface area contributed by atoms with Gasteiger partial charge in [-0.2, -0.15) is 13.2 Å². The van der Waals surface area contributed by atoms with Crippen LogP contribution in [0.5, 0.6) is 0 Å². The lowest BCUT2D eigenvalue weighted by Crippen LogP contribution is -2.11. The smallest absolute Gasteiger partial charge is 0.417 e. The highest BCUT2D eigenvalue weighted by atomic mass is 79.9. The van der Waals surface area contributed by atoms with Gasteiger partial charge in [0.15, 0.2) is 27.9 Å². The van der Waals surface area contributed by atoms with Crippen molar-refractivity contribution in [3.05, 3.63) is 41.0 Å². The number of rotatable bonds is 4. The Morgan fingerprint density at radius 3 is 2.60 bits per heavy atom. The van der Waals surface area contributed by atoms with Crippen LogP contribution in [-0.4, -0.2) is 44.6 Å². The maximum atomic E-state index is 13.1. The molecule has 0 aromatic carbocycles. The van der Waals surface area contributed by atoms with Gasteiger partial charge in [0, 0.05) is 13.2 Å². The molecule has 0 saturated heterocycles. The minimum absolute atomic E-state index is 0.0614. The van der Waals surface area contributed by atoms with Crippen molar-refractivity contribution >= 4 is 38.3 Å². The second kappa shape index (κ2) is 7.63. The zero-order valence-electron chi connectivity index (χ0n) is 15.6. The van der Waals surface area contributed by atoms with Gasteiger partial charge in [-0.05, 0) is 52.2 Å². The number of fused-ring (bicyclic) bond motifs is 1. The molecule has 0 N–H and O–H groups in total. The lowest BCUT2D eigenvalue weighted by molar-refractivity contribution is -0.137. The largest absolute Gasteiger partial charge is 0.611 e. The number of hydrogen-bond acceptors (Lipinski definition) is 6. The number of halogens is 4. The van der Waals surface area contributed by atoms with E-state index in [4.69, 9.17) is 0 Å². The third-order valence-electron chi connectivity index (χ3n) is 4.30. The Labute approximate surface area is 179 Å². The second-order valence-electron chi connectivity index (χ2n) is 6.17. The molecule has 0 fully saturated rings. The maximum Gasteiger partial charge on any atom is 0.417 e. The maximum absolute atomic E-state index is 13.1. The van der Waals surface area contributed by atoms with E-state index in [9.17, 15) is 17.7 Å². The molecular weight excluding hydrogens is 487 g/mol. The molecule has 156 valence electrons. The van der Waals surface area contributed by atoms with Crippen LogP contribution < -0.4 is 0 Å². The fraction of sp³-hybridized carbons (Fsp3) is 0.235. The molecule has 0 amide bonds. The molecule has 1 unspecified atom stereocenters. The van der Waals surface area contributed by atoms with Gasteiger partial charge in [-0.15, -0.1) is 5.10 Å². The normalized spacial score (nSPS) is 13.2. The quantitative estimate of drug-likeness (QED) is 0.398. The molecule has 8 nitrogen and oxygen atoms in total. The lowest BCUT2D eigenvalue weighted by Gasteiger charge is -2.13. The molecule has 4 heterocycles. The third kappa shape index (κ3) is 3.68. The first-order valence-electron chi connectivity index (χ1n) is 8.56. The van der Waals surface area contributed by atoms with E-state index in [1.807, 2.05) is 0 Å². The molecule has 0 saturated carbocycles. The van der Waals surface area contributed by atoms with Crippen LogP contribution in [0.3, 0.4) is 0 Å². The van der Waals surface area contributed by atoms with E-state index in [0.29, 0.717) is 21.2 Å². The summed E-state index contributed by atoms with van der Waals surface area (Å²) in [5.41, 5.74) is -0.312. The number of alkyl halides is 3. The van der Waals surface area contributed by atoms with Crippen LogP contribution in [0.4, 0.5) is 13.2 Å². The molecule has 30 heavy (non-hydrogen) atoms. The molecule has 1 atom stereocenters. The number of aryl methyl sites for hydroxylation is 1. The summed E-state index contributed by atoms with van der Waals surface area (Å²) in [5, 5.41) is 4.13. The summed E-state index contributed by atoms with van der Waals surface area (Å²) >= 11 is 1.78. The number of nitrogens with zero attached hydrogens (tertiary/aromatic N) is 7. The number of hydrogen-bond donors (Lipinski definition) is 0. The van der Waals surface area contributed by atoms with E-state index in [-0.39, 0.29) is 22.7 Å². The SMILES string of the molecule is CC[S+]([O-])c1ccc(-n2cnc(Br)n2)nc1-c1nc2cc(C(F)(F)F)cnc2n1C. The third-order valence-corrected chi connectivity index (χ3v) is 6.01. The van der Waals surface area contributed by atoms with Gasteiger partial charge < -0.3 is 9.12 Å². The van der Waals surface area contributed by atoms with Crippen molar-refractivity contribution in [1.82, 2.24) is 34.3 Å². The van der Waals surface area contributed by atoms with E-state index in [0.717, 1.165) is 12.3 Å². The van der Waals surface area contributed by atoms with Crippen molar-refractivity contribution in [3.63, 3.8) is 0 Å². The van der Waals surface area contributed by atoms with Gasteiger partial charge in [0.05, 0.1) is 5.56 Å². The molecule has 0 spiro atoms. The van der Waals surface area contributed by atoms with Crippen LogP contribution in [0.15, 0.2) is 40.4 Å². The topological polar surface area (TPSA) is 97.4 Å². The Morgan fingerprint density at radius 1 is 1.20 bits per heavy atom. The standard InChI is InChI=1S/C17H13BrF3N7OS/c1-3-30(29)11-4-5-12(28-8-23-16(18)26-28)25-13(11)15-24-10-6-9(17(19,20)21)7-22-14(10)27(15)2/h4-8H,3H2,1-2H3. The Balaban J connectivity index is 1.93. The second-order valence-corrected chi connectivity index (χ2v) is 8.58. The summed E-state index contributed by atoms with van der Waals surface area (Å²) in [7, 11) is 1.62. The average molecular weight is 500 g/mol. The van der Waals surface area contributed by atoms with Crippen molar-refractivity contribution < 1.29 is 17.7 Å². The summed E-state index contributed by atoms with van der Waals surface area (Å²) in [5.74, 6) is 0.967. The van der Waals surface area contributed by atoms with Crippen molar-refractivity contribution in [1.29, 1.82) is 0 Å². The van der Waals surface area contributed by atoms with E-state index in [1.54, 1.807) is 26.1 Å². The van der Waals surface area contributed by atoms with Gasteiger partial charge in [-0.1, -0.05) is 0 Å². The van der Waals surface area contributed by atoms with Crippen molar-refractivity contribution in [2.45, 2.75) is 18.0 Å². The summed E-state index contributed by atoms with van der Waals surface area (Å²) < 4.78 is 55.1. The molecule has 0 bridgehead atoms. The van der Waals surface area contributed by atoms with Gasteiger partial charge in [0.1, 0.15) is 17.6 Å². The molecule has 0 aliphatic heterocycles. The monoisotopic (exact) mass is 499 g/mol. The van der Waals surface area contributed by atoms with E-state index in [2.05, 4.69) is 41.0 Å². The zero-order chi connectivity index (χ0) is 21.6. The first-order chi connectivity index (χ1) is 14.2. The van der Waals surface area contributed by atoms with Gasteiger partial charge in [-0.3, -0.25) is 0 Å². The molecule has 4 aromatic rings. The predicted molar refractivity (Wildman–Crippen MR) is 106 cm³/mol. The van der Waals surface area contributed by atoms with Crippen LogP contribution in [0.1, 0.15) is 12.5 Å². The minimum atomic E-state index is -4.54. The van der Waals surface area contributed by atoms with Crippen LogP contribution >= 0.6 is 15.9 Å². The first-order valence-corrected chi connectivity index (χ1v) is 10.7. The van der Waals surface area contributed by atoms with Crippen LogP contribution in [0.2, 0.25) is 0 Å². The van der Waals surface area contributed by atoms with Gasteiger partial charge >= 0.3 is 6.18 Å². The lowest BCUT2D eigenvalue weighted by atomic mass is 10.2. The Hall–Kier alpha value is -2.51. The van der Waals surface area contributed by atoms with Gasteiger partial charge in [0.2, 0.25) is 4.73 Å². The predicted octanol–water partition coefficient (Wildman–Crippen LogP) is 3.52. The highest BCUT2D eigenvalue weighted by molar-refractivity contribution is 9.10.